The highest BCUT2D eigenvalue weighted by Crippen LogP contribution is 2.67. The third-order valence-electron chi connectivity index (χ3n) is 10.3. The fraction of sp³-hybridized carbons (Fsp3) is 0.286. The zero-order valence-corrected chi connectivity index (χ0v) is 27.8. The Bertz CT molecular complexity index is 2140. The second-order valence-corrected chi connectivity index (χ2v) is 14.0. The molecule has 1 N–H and O–H groups in total. The van der Waals surface area contributed by atoms with Gasteiger partial charge in [-0.1, -0.05) is 17.7 Å². The SMILES string of the molecule is COc1ccc([C@H]2C3=CC[C@@H]4C(=O)N(c5ccc(C(C)=O)cc5)C(=O)[C@@H]4[C@@H]3C[C@@]3(Cl)C(=O)N(c4c(F)c(F)c(F)c(F)c4F)C(=O)[C@@]23Cl)c(O)c1. The van der Waals surface area contributed by atoms with Gasteiger partial charge in [-0.3, -0.25) is 28.9 Å². The topological polar surface area (TPSA) is 121 Å². The molecule has 3 fully saturated rings. The number of Topliss-reactive ketones (excluding diaryl/α,β-unsaturated/α-hetero) is 1. The molecule has 16 heteroatoms. The van der Waals surface area contributed by atoms with Crippen LogP contribution in [0.4, 0.5) is 33.3 Å². The maximum absolute atomic E-state index is 15.2. The Kier molecular flexibility index (Phi) is 7.88. The molecule has 6 atom stereocenters. The Morgan fingerprint density at radius 1 is 0.843 bits per heavy atom. The number of methoxy groups -OCH3 is 1. The van der Waals surface area contributed by atoms with Crippen LogP contribution in [-0.4, -0.2) is 51.4 Å². The van der Waals surface area contributed by atoms with Crippen molar-refractivity contribution in [2.24, 2.45) is 17.8 Å². The van der Waals surface area contributed by atoms with E-state index in [1.807, 2.05) is 0 Å². The highest BCUT2D eigenvalue weighted by molar-refractivity contribution is 6.58. The lowest BCUT2D eigenvalue weighted by atomic mass is 9.56. The third-order valence-corrected chi connectivity index (χ3v) is 11.7. The molecular weight excluding hydrogens is 726 g/mol. The first-order valence-corrected chi connectivity index (χ1v) is 16.1. The number of benzene rings is 3. The maximum atomic E-state index is 15.2. The van der Waals surface area contributed by atoms with Gasteiger partial charge in [0.05, 0.1) is 24.6 Å². The van der Waals surface area contributed by atoms with Crippen LogP contribution >= 0.6 is 23.2 Å². The summed E-state index contributed by atoms with van der Waals surface area (Å²) in [5.74, 6) is -22.9. The molecular formula is C35H23Cl2F5N2O7. The summed E-state index contributed by atoms with van der Waals surface area (Å²) in [6.45, 7) is 1.34. The molecule has 0 radical (unpaired) electrons. The van der Waals surface area contributed by atoms with Crippen LogP contribution in [0.3, 0.4) is 0 Å². The van der Waals surface area contributed by atoms with Gasteiger partial charge < -0.3 is 9.84 Å². The zero-order valence-electron chi connectivity index (χ0n) is 26.3. The van der Waals surface area contributed by atoms with Gasteiger partial charge in [0, 0.05) is 23.1 Å². The quantitative estimate of drug-likeness (QED) is 0.0640. The molecule has 4 amide bonds. The van der Waals surface area contributed by atoms with E-state index in [0.717, 1.165) is 11.0 Å². The number of phenolic OH excluding ortho intramolecular Hbond substituents is 1. The van der Waals surface area contributed by atoms with Gasteiger partial charge in [0.1, 0.15) is 17.2 Å². The number of ether oxygens (including phenoxy) is 1. The number of rotatable bonds is 5. The summed E-state index contributed by atoms with van der Waals surface area (Å²) < 4.78 is 78.4. The van der Waals surface area contributed by atoms with Crippen molar-refractivity contribution in [3.05, 3.63) is 94.3 Å². The fourth-order valence-electron chi connectivity index (χ4n) is 7.91. The number of fused-ring (bicyclic) bond motifs is 4. The molecule has 0 unspecified atom stereocenters. The van der Waals surface area contributed by atoms with Gasteiger partial charge >= 0.3 is 0 Å². The summed E-state index contributed by atoms with van der Waals surface area (Å²) in [6.07, 6.45) is 0.709. The number of ketones is 1. The third kappa shape index (κ3) is 4.48. The summed E-state index contributed by atoms with van der Waals surface area (Å²) in [7, 11) is 1.30. The van der Waals surface area contributed by atoms with Crippen LogP contribution in [0, 0.1) is 46.8 Å². The van der Waals surface area contributed by atoms with Crippen LogP contribution in [0.15, 0.2) is 54.1 Å². The van der Waals surface area contributed by atoms with Crippen molar-refractivity contribution in [3.8, 4) is 11.5 Å². The van der Waals surface area contributed by atoms with Crippen LogP contribution in [0.1, 0.15) is 41.6 Å². The van der Waals surface area contributed by atoms with Crippen molar-refractivity contribution in [2.45, 2.75) is 35.4 Å². The van der Waals surface area contributed by atoms with Crippen LogP contribution in [0.5, 0.6) is 11.5 Å². The van der Waals surface area contributed by atoms with Gasteiger partial charge in [-0.05, 0) is 56.0 Å². The average Bonchev–Trinajstić information content (AvgIpc) is 3.44. The van der Waals surface area contributed by atoms with Crippen molar-refractivity contribution < 1.29 is 55.8 Å². The van der Waals surface area contributed by atoms with Crippen molar-refractivity contribution in [3.63, 3.8) is 0 Å². The van der Waals surface area contributed by atoms with E-state index in [9.17, 15) is 42.3 Å². The summed E-state index contributed by atoms with van der Waals surface area (Å²) >= 11 is 14.2. The smallest absolute Gasteiger partial charge is 0.258 e. The first-order valence-electron chi connectivity index (χ1n) is 15.3. The van der Waals surface area contributed by atoms with Crippen LogP contribution in [0.25, 0.3) is 0 Å². The van der Waals surface area contributed by atoms with Gasteiger partial charge in [0.15, 0.2) is 38.8 Å². The highest BCUT2D eigenvalue weighted by Gasteiger charge is 2.77. The van der Waals surface area contributed by atoms with Gasteiger partial charge in [0.25, 0.3) is 11.8 Å². The Hall–Kier alpha value is -4.82. The van der Waals surface area contributed by atoms with Crippen LogP contribution in [0.2, 0.25) is 0 Å². The lowest BCUT2D eigenvalue weighted by Crippen LogP contribution is -2.60. The first kappa shape index (κ1) is 34.6. The number of anilines is 2. The number of halogens is 7. The molecule has 3 aromatic carbocycles. The Morgan fingerprint density at radius 2 is 1.45 bits per heavy atom. The molecule has 0 aromatic heterocycles. The maximum Gasteiger partial charge on any atom is 0.258 e. The number of alkyl halides is 2. The number of hydrogen-bond donors (Lipinski definition) is 1. The minimum atomic E-state index is -2.79. The molecule has 0 bridgehead atoms. The minimum Gasteiger partial charge on any atom is -0.508 e. The Labute approximate surface area is 295 Å². The van der Waals surface area contributed by atoms with E-state index in [0.29, 0.717) is 5.56 Å². The Balaban J connectivity index is 1.42. The number of nitrogens with zero attached hydrogens (tertiary/aromatic N) is 2. The van der Waals surface area contributed by atoms with E-state index >= 15 is 8.78 Å². The van der Waals surface area contributed by atoms with Gasteiger partial charge in [0.2, 0.25) is 17.6 Å². The van der Waals surface area contributed by atoms with Crippen LogP contribution < -0.4 is 14.5 Å². The number of amides is 4. The lowest BCUT2D eigenvalue weighted by Gasteiger charge is -2.50. The molecule has 4 aliphatic rings. The second-order valence-electron chi connectivity index (χ2n) is 12.7. The number of carbonyl (C=O) groups is 5. The number of aromatic hydroxyl groups is 1. The molecule has 2 aliphatic heterocycles. The summed E-state index contributed by atoms with van der Waals surface area (Å²) in [4.78, 5) is 63.5. The van der Waals surface area contributed by atoms with Crippen molar-refractivity contribution in [1.82, 2.24) is 0 Å². The monoisotopic (exact) mass is 748 g/mol. The zero-order chi connectivity index (χ0) is 37.1. The van der Waals surface area contributed by atoms with Gasteiger partial charge in [-0.25, -0.2) is 26.9 Å². The molecule has 2 saturated heterocycles. The largest absolute Gasteiger partial charge is 0.508 e. The predicted molar refractivity (Wildman–Crippen MR) is 170 cm³/mol. The normalized spacial score (nSPS) is 28.5. The van der Waals surface area contributed by atoms with E-state index in [-0.39, 0.29) is 39.7 Å². The second kappa shape index (κ2) is 11.6. The van der Waals surface area contributed by atoms with Crippen molar-refractivity contribution in [1.29, 1.82) is 0 Å². The minimum absolute atomic E-state index is 0.0950. The van der Waals surface area contributed by atoms with Crippen molar-refractivity contribution >= 4 is 64.0 Å². The average molecular weight is 749 g/mol. The lowest BCUT2D eigenvalue weighted by molar-refractivity contribution is -0.125. The number of imide groups is 2. The van der Waals surface area contributed by atoms with E-state index in [4.69, 9.17) is 27.9 Å². The van der Waals surface area contributed by atoms with Gasteiger partial charge in [-0.15, -0.1) is 23.2 Å². The fourth-order valence-corrected chi connectivity index (χ4v) is 8.83. The van der Waals surface area contributed by atoms with E-state index < -0.39 is 104 Å². The van der Waals surface area contributed by atoms with E-state index in [1.54, 1.807) is 0 Å². The molecule has 51 heavy (non-hydrogen) atoms. The molecule has 1 saturated carbocycles. The highest BCUT2D eigenvalue weighted by atomic mass is 35.5. The molecule has 7 rings (SSSR count). The molecule has 9 nitrogen and oxygen atoms in total. The summed E-state index contributed by atoms with van der Waals surface area (Å²) in [5.41, 5.74) is -1.44. The standard InChI is InChI=1S/C35H23Cl2F5N2O7/c1-13(45)14-3-5-15(6-4-14)43-30(47)19-10-9-17-20(22(19)31(43)48)12-34(36)32(49)44(29-27(41)25(39)24(38)26(40)28(29)42)33(50)35(34,37)23(17)18-8-7-16(51-2)11-21(18)46/h3-9,11,19-20,22-23,46H,10,12H2,1-2H3/t19-,20+,22-,23+,34+,35-/m0/s1. The summed E-state index contributed by atoms with van der Waals surface area (Å²) in [6, 6.07) is 9.45. The predicted octanol–water partition coefficient (Wildman–Crippen LogP) is 6.07. The number of phenols is 1. The van der Waals surface area contributed by atoms with E-state index in [2.05, 4.69) is 0 Å². The molecule has 2 aliphatic carbocycles. The molecule has 264 valence electrons. The van der Waals surface area contributed by atoms with E-state index in [1.165, 1.54) is 56.5 Å². The molecule has 0 spiro atoms. The Morgan fingerprint density at radius 3 is 2.02 bits per heavy atom. The van der Waals surface area contributed by atoms with Gasteiger partial charge in [-0.2, -0.15) is 0 Å². The number of hydrogen-bond acceptors (Lipinski definition) is 7. The molecule has 2 heterocycles. The van der Waals surface area contributed by atoms with Crippen molar-refractivity contribution in [2.75, 3.05) is 16.9 Å². The molecule has 3 aromatic rings. The number of allylic oxidation sites excluding steroid dienone is 2. The number of carbonyl (C=O) groups excluding carboxylic acids is 5. The first-order chi connectivity index (χ1) is 24.0. The summed E-state index contributed by atoms with van der Waals surface area (Å²) in [5, 5.41) is 11.2. The van der Waals surface area contributed by atoms with Crippen LogP contribution in [-0.2, 0) is 19.2 Å².